The highest BCUT2D eigenvalue weighted by atomic mass is 16.2. The Morgan fingerprint density at radius 3 is 3.04 bits per heavy atom. The van der Waals surface area contributed by atoms with E-state index in [1.165, 1.54) is 19.3 Å². The number of fused-ring (bicyclic) bond motifs is 1. The third-order valence-electron chi connectivity index (χ3n) is 4.10. The number of carbonyl (C=O) groups excluding carboxylic acids is 1. The summed E-state index contributed by atoms with van der Waals surface area (Å²) in [5.41, 5.74) is 1.92. The zero-order valence-electron chi connectivity index (χ0n) is 13.5. The average molecular weight is 313 g/mol. The second-order valence-corrected chi connectivity index (χ2v) is 6.00. The highest BCUT2D eigenvalue weighted by molar-refractivity contribution is 5.89. The summed E-state index contributed by atoms with van der Waals surface area (Å²) in [4.78, 5) is 11.9. The lowest BCUT2D eigenvalue weighted by atomic mass is 10.2. The first kappa shape index (κ1) is 15.5. The molecule has 0 radical (unpaired) electrons. The maximum Gasteiger partial charge on any atom is 0.319 e. The number of urea groups is 1. The third kappa shape index (κ3) is 4.09. The number of benzene rings is 1. The van der Waals surface area contributed by atoms with E-state index in [1.54, 1.807) is 0 Å². The number of nitrogens with one attached hydrogen (secondary N) is 2. The minimum atomic E-state index is -0.189. The maximum atomic E-state index is 11.9. The van der Waals surface area contributed by atoms with Crippen LogP contribution in [0.5, 0.6) is 0 Å². The molecular weight excluding hydrogens is 290 g/mol. The van der Waals surface area contributed by atoms with Crippen molar-refractivity contribution in [3.05, 3.63) is 41.5 Å². The Morgan fingerprint density at radius 2 is 2.17 bits per heavy atom. The molecule has 1 aliphatic rings. The summed E-state index contributed by atoms with van der Waals surface area (Å²) in [6.07, 6.45) is 5.33. The van der Waals surface area contributed by atoms with Gasteiger partial charge in [-0.1, -0.05) is 18.6 Å². The van der Waals surface area contributed by atoms with Gasteiger partial charge in [0.25, 0.3) is 0 Å². The van der Waals surface area contributed by atoms with Crippen LogP contribution in [0.4, 0.5) is 10.5 Å². The molecule has 0 unspecified atom stereocenters. The van der Waals surface area contributed by atoms with E-state index in [2.05, 4.69) is 25.4 Å². The molecule has 0 saturated carbocycles. The second kappa shape index (κ2) is 7.26. The first-order chi connectivity index (χ1) is 11.2. The molecule has 0 bridgehead atoms. The van der Waals surface area contributed by atoms with Crippen molar-refractivity contribution < 1.29 is 4.79 Å². The molecule has 0 fully saturated rings. The van der Waals surface area contributed by atoms with Crippen LogP contribution in [0, 0.1) is 6.92 Å². The molecule has 1 aromatic carbocycles. The van der Waals surface area contributed by atoms with E-state index in [0.717, 1.165) is 35.9 Å². The fourth-order valence-electron chi connectivity index (χ4n) is 2.92. The van der Waals surface area contributed by atoms with E-state index in [9.17, 15) is 4.79 Å². The van der Waals surface area contributed by atoms with Gasteiger partial charge in [-0.25, -0.2) is 4.79 Å². The molecule has 0 saturated heterocycles. The van der Waals surface area contributed by atoms with E-state index in [-0.39, 0.29) is 6.03 Å². The van der Waals surface area contributed by atoms with Crippen molar-refractivity contribution in [2.75, 3.05) is 11.9 Å². The summed E-state index contributed by atoms with van der Waals surface area (Å²) in [7, 11) is 0. The summed E-state index contributed by atoms with van der Waals surface area (Å²) < 4.78 is 2.22. The van der Waals surface area contributed by atoms with E-state index >= 15 is 0 Å². The van der Waals surface area contributed by atoms with Crippen LogP contribution < -0.4 is 10.6 Å². The fraction of sp³-hybridized carbons (Fsp3) is 0.471. The number of nitrogens with zero attached hydrogens (tertiary/aromatic N) is 3. The highest BCUT2D eigenvalue weighted by Gasteiger charge is 2.14. The summed E-state index contributed by atoms with van der Waals surface area (Å²) in [6.45, 7) is 3.54. The minimum absolute atomic E-state index is 0.189. The fourth-order valence-corrected chi connectivity index (χ4v) is 2.92. The van der Waals surface area contributed by atoms with Crippen molar-refractivity contribution in [3.63, 3.8) is 0 Å². The van der Waals surface area contributed by atoms with Crippen LogP contribution in [0.25, 0.3) is 0 Å². The first-order valence-electron chi connectivity index (χ1n) is 8.25. The standard InChI is InChI=1S/C17H23N5O/c1-13-6-5-7-14(12-13)19-17(23)18-10-9-16-21-20-15-8-3-2-4-11-22(15)16/h5-7,12H,2-4,8-11H2,1H3,(H2,18,19,23). The van der Waals surface area contributed by atoms with E-state index in [1.807, 2.05) is 31.2 Å². The van der Waals surface area contributed by atoms with Gasteiger partial charge in [0.1, 0.15) is 11.6 Å². The van der Waals surface area contributed by atoms with Gasteiger partial charge in [-0.3, -0.25) is 0 Å². The summed E-state index contributed by atoms with van der Waals surface area (Å²) in [5.74, 6) is 2.06. The van der Waals surface area contributed by atoms with Gasteiger partial charge in [-0.2, -0.15) is 0 Å². The molecule has 3 rings (SSSR count). The zero-order valence-corrected chi connectivity index (χ0v) is 13.5. The summed E-state index contributed by atoms with van der Waals surface area (Å²) in [5, 5.41) is 14.3. The van der Waals surface area contributed by atoms with Gasteiger partial charge in [0.05, 0.1) is 0 Å². The van der Waals surface area contributed by atoms with Gasteiger partial charge in [0.15, 0.2) is 0 Å². The zero-order chi connectivity index (χ0) is 16.1. The molecule has 2 heterocycles. The number of hydrogen-bond donors (Lipinski definition) is 2. The van der Waals surface area contributed by atoms with Crippen molar-refractivity contribution in [2.45, 2.75) is 45.6 Å². The molecule has 2 N–H and O–H groups in total. The smallest absolute Gasteiger partial charge is 0.319 e. The topological polar surface area (TPSA) is 71.8 Å². The normalized spacial score (nSPS) is 14.0. The molecule has 2 aromatic rings. The molecule has 0 aliphatic carbocycles. The van der Waals surface area contributed by atoms with Gasteiger partial charge >= 0.3 is 6.03 Å². The van der Waals surface area contributed by atoms with Gasteiger partial charge in [-0.15, -0.1) is 10.2 Å². The van der Waals surface area contributed by atoms with Crippen LogP contribution in [-0.2, 0) is 19.4 Å². The van der Waals surface area contributed by atoms with Gasteiger partial charge in [0.2, 0.25) is 0 Å². The lowest BCUT2D eigenvalue weighted by molar-refractivity contribution is 0.252. The van der Waals surface area contributed by atoms with Crippen molar-refractivity contribution >= 4 is 11.7 Å². The minimum Gasteiger partial charge on any atom is -0.337 e. The molecule has 0 spiro atoms. The second-order valence-electron chi connectivity index (χ2n) is 6.00. The monoisotopic (exact) mass is 313 g/mol. The van der Waals surface area contributed by atoms with Crippen molar-refractivity contribution in [3.8, 4) is 0 Å². The first-order valence-corrected chi connectivity index (χ1v) is 8.25. The van der Waals surface area contributed by atoms with Gasteiger partial charge in [-0.05, 0) is 37.5 Å². The maximum absolute atomic E-state index is 11.9. The third-order valence-corrected chi connectivity index (χ3v) is 4.10. The number of aryl methyl sites for hydroxylation is 2. The number of aromatic nitrogens is 3. The Kier molecular flexibility index (Phi) is 4.90. The average Bonchev–Trinajstić information content (AvgIpc) is 2.76. The predicted octanol–water partition coefficient (Wildman–Crippen LogP) is 2.68. The number of hydrogen-bond acceptors (Lipinski definition) is 3. The molecule has 1 aliphatic heterocycles. The molecule has 0 atom stereocenters. The lowest BCUT2D eigenvalue weighted by Gasteiger charge is -2.09. The Hall–Kier alpha value is -2.37. The van der Waals surface area contributed by atoms with Crippen LogP contribution >= 0.6 is 0 Å². The van der Waals surface area contributed by atoms with Crippen molar-refractivity contribution in [2.24, 2.45) is 0 Å². The van der Waals surface area contributed by atoms with Crippen LogP contribution in [0.1, 0.15) is 36.5 Å². The molecular formula is C17H23N5O. The van der Waals surface area contributed by atoms with Crippen LogP contribution in [0.3, 0.4) is 0 Å². The molecule has 2 amide bonds. The quantitative estimate of drug-likeness (QED) is 0.911. The Morgan fingerprint density at radius 1 is 1.26 bits per heavy atom. The molecule has 6 heteroatoms. The Balaban J connectivity index is 1.50. The summed E-state index contributed by atoms with van der Waals surface area (Å²) in [6, 6.07) is 7.56. The molecule has 122 valence electrons. The number of amides is 2. The number of anilines is 1. The summed E-state index contributed by atoms with van der Waals surface area (Å²) >= 11 is 0. The SMILES string of the molecule is Cc1cccc(NC(=O)NCCc2nnc3n2CCCCC3)c1. The highest BCUT2D eigenvalue weighted by Crippen LogP contribution is 2.14. The van der Waals surface area contributed by atoms with Crippen LogP contribution in [-0.4, -0.2) is 27.3 Å². The molecule has 1 aromatic heterocycles. The predicted molar refractivity (Wildman–Crippen MR) is 89.5 cm³/mol. The lowest BCUT2D eigenvalue weighted by Crippen LogP contribution is -2.31. The van der Waals surface area contributed by atoms with Gasteiger partial charge in [0, 0.05) is 31.6 Å². The van der Waals surface area contributed by atoms with E-state index in [0.29, 0.717) is 13.0 Å². The Bertz CT molecular complexity index is 679. The largest absolute Gasteiger partial charge is 0.337 e. The molecule has 6 nitrogen and oxygen atoms in total. The molecule has 23 heavy (non-hydrogen) atoms. The van der Waals surface area contributed by atoms with Crippen LogP contribution in [0.2, 0.25) is 0 Å². The number of carbonyl (C=O) groups is 1. The van der Waals surface area contributed by atoms with Crippen molar-refractivity contribution in [1.82, 2.24) is 20.1 Å². The van der Waals surface area contributed by atoms with E-state index < -0.39 is 0 Å². The van der Waals surface area contributed by atoms with Crippen molar-refractivity contribution in [1.29, 1.82) is 0 Å². The Labute approximate surface area is 136 Å². The van der Waals surface area contributed by atoms with E-state index in [4.69, 9.17) is 0 Å². The van der Waals surface area contributed by atoms with Gasteiger partial charge < -0.3 is 15.2 Å². The number of rotatable bonds is 4. The van der Waals surface area contributed by atoms with Crippen LogP contribution in [0.15, 0.2) is 24.3 Å².